The van der Waals surface area contributed by atoms with Crippen LogP contribution in [-0.4, -0.2) is 25.8 Å². The van der Waals surface area contributed by atoms with Crippen LogP contribution in [0.5, 0.6) is 11.5 Å². The lowest BCUT2D eigenvalue weighted by molar-refractivity contribution is 0.297. The molecule has 106 valence electrons. The molecule has 0 saturated carbocycles. The molecule has 1 aromatic carbocycles. The van der Waals surface area contributed by atoms with E-state index >= 15 is 0 Å². The van der Waals surface area contributed by atoms with Crippen LogP contribution in [0.25, 0.3) is 0 Å². The summed E-state index contributed by atoms with van der Waals surface area (Å²) < 4.78 is 11.4. The van der Waals surface area contributed by atoms with Crippen LogP contribution in [-0.2, 0) is 0 Å². The van der Waals surface area contributed by atoms with E-state index < -0.39 is 0 Å². The predicted molar refractivity (Wildman–Crippen MR) is 78.2 cm³/mol. The van der Waals surface area contributed by atoms with Gasteiger partial charge >= 0.3 is 0 Å². The Morgan fingerprint density at radius 1 is 1.16 bits per heavy atom. The van der Waals surface area contributed by atoms with Crippen molar-refractivity contribution in [3.8, 4) is 11.5 Å². The average Bonchev–Trinajstić information content (AvgIpc) is 2.63. The first kappa shape index (κ1) is 14.2. The highest BCUT2D eigenvalue weighted by Crippen LogP contribution is 2.33. The molecule has 0 bridgehead atoms. The molecule has 1 aliphatic rings. The van der Waals surface area contributed by atoms with Crippen molar-refractivity contribution in [3.05, 3.63) is 23.8 Å². The van der Waals surface area contributed by atoms with Gasteiger partial charge in [-0.15, -0.1) is 0 Å². The lowest BCUT2D eigenvalue weighted by atomic mass is 9.94. The second kappa shape index (κ2) is 6.80. The minimum absolute atomic E-state index is 0.520. The molecule has 0 radical (unpaired) electrons. The van der Waals surface area contributed by atoms with E-state index in [1.807, 2.05) is 6.07 Å². The van der Waals surface area contributed by atoms with Crippen LogP contribution in [0.3, 0.4) is 0 Å². The van der Waals surface area contributed by atoms with E-state index in [9.17, 15) is 0 Å². The number of rotatable bonds is 5. The summed E-state index contributed by atoms with van der Waals surface area (Å²) in [6.07, 6.45) is 2.09. The zero-order valence-corrected chi connectivity index (χ0v) is 12.2. The second-order valence-corrected chi connectivity index (χ2v) is 5.35. The SMILES string of the molecule is CCNC(C)CC(C)c1ccc2c(c1)OCCCO2. The number of fused-ring (bicyclic) bond motifs is 1. The first-order valence-corrected chi connectivity index (χ1v) is 7.33. The molecule has 0 aromatic heterocycles. The highest BCUT2D eigenvalue weighted by atomic mass is 16.5. The van der Waals surface area contributed by atoms with Crippen molar-refractivity contribution < 1.29 is 9.47 Å². The Hall–Kier alpha value is -1.22. The predicted octanol–water partition coefficient (Wildman–Crippen LogP) is 3.34. The van der Waals surface area contributed by atoms with E-state index in [-0.39, 0.29) is 0 Å². The molecule has 0 amide bonds. The van der Waals surface area contributed by atoms with Crippen LogP contribution < -0.4 is 14.8 Å². The first-order chi connectivity index (χ1) is 9.20. The highest BCUT2D eigenvalue weighted by molar-refractivity contribution is 5.44. The van der Waals surface area contributed by atoms with Crippen molar-refractivity contribution >= 4 is 0 Å². The van der Waals surface area contributed by atoms with Crippen LogP contribution in [0.4, 0.5) is 0 Å². The smallest absolute Gasteiger partial charge is 0.161 e. The Labute approximate surface area is 116 Å². The Kier molecular flexibility index (Phi) is 5.08. The zero-order valence-electron chi connectivity index (χ0n) is 12.2. The third kappa shape index (κ3) is 3.87. The maximum absolute atomic E-state index is 5.75. The van der Waals surface area contributed by atoms with Gasteiger partial charge in [-0.05, 0) is 43.5 Å². The molecule has 2 atom stereocenters. The van der Waals surface area contributed by atoms with Gasteiger partial charge < -0.3 is 14.8 Å². The van der Waals surface area contributed by atoms with Gasteiger partial charge in [0.2, 0.25) is 0 Å². The maximum Gasteiger partial charge on any atom is 0.161 e. The number of hydrogen-bond acceptors (Lipinski definition) is 3. The highest BCUT2D eigenvalue weighted by Gasteiger charge is 2.15. The molecular formula is C16H25NO2. The molecule has 2 rings (SSSR count). The van der Waals surface area contributed by atoms with Gasteiger partial charge in [0.25, 0.3) is 0 Å². The van der Waals surface area contributed by atoms with Gasteiger partial charge in [-0.1, -0.05) is 19.9 Å². The summed E-state index contributed by atoms with van der Waals surface area (Å²) in [6, 6.07) is 6.89. The number of hydrogen-bond donors (Lipinski definition) is 1. The van der Waals surface area contributed by atoms with E-state index in [1.54, 1.807) is 0 Å². The van der Waals surface area contributed by atoms with Gasteiger partial charge in [-0.3, -0.25) is 0 Å². The van der Waals surface area contributed by atoms with Gasteiger partial charge in [0.15, 0.2) is 11.5 Å². The van der Waals surface area contributed by atoms with Crippen LogP contribution in [0.2, 0.25) is 0 Å². The molecule has 1 heterocycles. The van der Waals surface area contributed by atoms with Crippen molar-refractivity contribution in [2.45, 2.75) is 45.6 Å². The van der Waals surface area contributed by atoms with E-state index in [0.29, 0.717) is 12.0 Å². The Balaban J connectivity index is 2.06. The molecular weight excluding hydrogens is 238 g/mol. The van der Waals surface area contributed by atoms with Crippen LogP contribution in [0.15, 0.2) is 18.2 Å². The van der Waals surface area contributed by atoms with Crippen molar-refractivity contribution in [2.75, 3.05) is 19.8 Å². The second-order valence-electron chi connectivity index (χ2n) is 5.35. The minimum Gasteiger partial charge on any atom is -0.490 e. The molecule has 0 saturated heterocycles. The number of benzene rings is 1. The fraction of sp³-hybridized carbons (Fsp3) is 0.625. The molecule has 2 unspecified atom stereocenters. The normalized spacial score (nSPS) is 17.6. The van der Waals surface area contributed by atoms with E-state index in [4.69, 9.17) is 9.47 Å². The molecule has 1 aromatic rings. The Bertz CT molecular complexity index is 406. The van der Waals surface area contributed by atoms with Gasteiger partial charge in [0.1, 0.15) is 0 Å². The summed E-state index contributed by atoms with van der Waals surface area (Å²) in [5, 5.41) is 3.46. The molecule has 3 nitrogen and oxygen atoms in total. The van der Waals surface area contributed by atoms with Crippen molar-refractivity contribution in [1.29, 1.82) is 0 Å². The van der Waals surface area contributed by atoms with E-state index in [0.717, 1.165) is 44.1 Å². The van der Waals surface area contributed by atoms with Crippen LogP contribution >= 0.6 is 0 Å². The lowest BCUT2D eigenvalue weighted by Gasteiger charge is -2.19. The standard InChI is InChI=1S/C16H25NO2/c1-4-17-13(3)10-12(2)14-6-7-15-16(11-14)19-9-5-8-18-15/h6-7,11-13,17H,4-5,8-10H2,1-3H3. The topological polar surface area (TPSA) is 30.5 Å². The quantitative estimate of drug-likeness (QED) is 0.884. The maximum atomic E-state index is 5.75. The number of ether oxygens (including phenoxy) is 2. The van der Waals surface area contributed by atoms with Crippen molar-refractivity contribution in [1.82, 2.24) is 5.32 Å². The van der Waals surface area contributed by atoms with Crippen LogP contribution in [0.1, 0.15) is 45.1 Å². The minimum atomic E-state index is 0.520. The third-order valence-corrected chi connectivity index (χ3v) is 3.60. The summed E-state index contributed by atoms with van der Waals surface area (Å²) in [6.45, 7) is 9.18. The summed E-state index contributed by atoms with van der Waals surface area (Å²) in [5.74, 6) is 2.30. The summed E-state index contributed by atoms with van der Waals surface area (Å²) in [4.78, 5) is 0. The van der Waals surface area contributed by atoms with Gasteiger partial charge in [0, 0.05) is 12.5 Å². The first-order valence-electron chi connectivity index (χ1n) is 7.33. The van der Waals surface area contributed by atoms with Gasteiger partial charge in [-0.25, -0.2) is 0 Å². The molecule has 1 aliphatic heterocycles. The van der Waals surface area contributed by atoms with Crippen LogP contribution in [0, 0.1) is 0 Å². The monoisotopic (exact) mass is 263 g/mol. The summed E-state index contributed by atoms with van der Waals surface area (Å²) >= 11 is 0. The largest absolute Gasteiger partial charge is 0.490 e. The summed E-state index contributed by atoms with van der Waals surface area (Å²) in [7, 11) is 0. The van der Waals surface area contributed by atoms with Gasteiger partial charge in [0.05, 0.1) is 13.2 Å². The fourth-order valence-corrected chi connectivity index (χ4v) is 2.58. The third-order valence-electron chi connectivity index (χ3n) is 3.60. The number of nitrogens with one attached hydrogen (secondary N) is 1. The Morgan fingerprint density at radius 2 is 1.89 bits per heavy atom. The fourth-order valence-electron chi connectivity index (χ4n) is 2.58. The molecule has 19 heavy (non-hydrogen) atoms. The molecule has 3 heteroatoms. The van der Waals surface area contributed by atoms with E-state index in [1.165, 1.54) is 5.56 Å². The van der Waals surface area contributed by atoms with Crippen molar-refractivity contribution in [3.63, 3.8) is 0 Å². The molecule has 0 fully saturated rings. The zero-order chi connectivity index (χ0) is 13.7. The molecule has 0 spiro atoms. The molecule has 1 N–H and O–H groups in total. The average molecular weight is 263 g/mol. The Morgan fingerprint density at radius 3 is 2.63 bits per heavy atom. The van der Waals surface area contributed by atoms with Gasteiger partial charge in [-0.2, -0.15) is 0 Å². The molecule has 0 aliphatic carbocycles. The lowest BCUT2D eigenvalue weighted by Crippen LogP contribution is -2.26. The summed E-state index contributed by atoms with van der Waals surface area (Å²) in [5.41, 5.74) is 1.33. The van der Waals surface area contributed by atoms with Crippen molar-refractivity contribution in [2.24, 2.45) is 0 Å². The van der Waals surface area contributed by atoms with E-state index in [2.05, 4.69) is 38.2 Å².